The monoisotopic (exact) mass is 797 g/mol. The highest BCUT2D eigenvalue weighted by Gasteiger charge is 2.19. The molecular weight excluding hydrogens is 709 g/mol. The Balaban J connectivity index is 4.44. The third-order valence-electron chi connectivity index (χ3n) is 9.99. The van der Waals surface area contributed by atoms with Crippen LogP contribution in [0.15, 0.2) is 60.8 Å². The van der Waals surface area contributed by atoms with E-state index in [1.54, 1.807) is 0 Å². The molecule has 0 aliphatic heterocycles. The third kappa shape index (κ3) is 44.1. The summed E-state index contributed by atoms with van der Waals surface area (Å²) in [6.07, 6.45) is 54.8. The van der Waals surface area contributed by atoms with Crippen molar-refractivity contribution in [3.8, 4) is 0 Å². The highest BCUT2D eigenvalue weighted by Crippen LogP contribution is 2.14. The van der Waals surface area contributed by atoms with Crippen LogP contribution in [0.2, 0.25) is 0 Å². The molecule has 328 valence electrons. The molecule has 0 fully saturated rings. The van der Waals surface area contributed by atoms with E-state index in [9.17, 15) is 14.4 Å². The molecule has 0 amide bonds. The Bertz CT molecular complexity index is 1050. The van der Waals surface area contributed by atoms with E-state index in [4.69, 9.17) is 14.2 Å². The minimum atomic E-state index is -0.789. The molecule has 6 heteroatoms. The summed E-state index contributed by atoms with van der Waals surface area (Å²) >= 11 is 0. The van der Waals surface area contributed by atoms with Gasteiger partial charge in [0.05, 0.1) is 0 Å². The van der Waals surface area contributed by atoms with Gasteiger partial charge in [0.25, 0.3) is 0 Å². The Kier molecular flexibility index (Phi) is 43.5. The normalized spacial score (nSPS) is 12.5. The maximum atomic E-state index is 12.7. The highest BCUT2D eigenvalue weighted by atomic mass is 16.6. The fourth-order valence-electron chi connectivity index (χ4n) is 6.43. The predicted octanol–water partition coefficient (Wildman–Crippen LogP) is 15.3. The molecule has 0 aromatic rings. The van der Waals surface area contributed by atoms with Gasteiger partial charge in [-0.2, -0.15) is 0 Å². The van der Waals surface area contributed by atoms with Gasteiger partial charge in [0.1, 0.15) is 13.2 Å². The van der Waals surface area contributed by atoms with Gasteiger partial charge < -0.3 is 14.2 Å². The lowest BCUT2D eigenvalue weighted by molar-refractivity contribution is -0.167. The summed E-state index contributed by atoms with van der Waals surface area (Å²) in [7, 11) is 0. The first-order valence-electron chi connectivity index (χ1n) is 23.8. The third-order valence-corrected chi connectivity index (χ3v) is 9.99. The van der Waals surface area contributed by atoms with Gasteiger partial charge in [-0.05, 0) is 77.0 Å². The molecule has 0 saturated carbocycles. The van der Waals surface area contributed by atoms with Crippen molar-refractivity contribution in [2.75, 3.05) is 13.2 Å². The lowest BCUT2D eigenvalue weighted by Gasteiger charge is -2.18. The summed E-state index contributed by atoms with van der Waals surface area (Å²) in [5.74, 6) is -0.933. The molecule has 0 aromatic heterocycles. The molecule has 6 nitrogen and oxygen atoms in total. The largest absolute Gasteiger partial charge is 0.462 e. The van der Waals surface area contributed by atoms with E-state index in [0.29, 0.717) is 19.3 Å². The minimum absolute atomic E-state index is 0.0881. The zero-order valence-electron chi connectivity index (χ0n) is 37.3. The molecule has 0 rings (SSSR count). The molecule has 57 heavy (non-hydrogen) atoms. The molecule has 0 bridgehead atoms. The molecule has 0 spiro atoms. The number of ether oxygens (including phenoxy) is 3. The van der Waals surface area contributed by atoms with E-state index < -0.39 is 6.10 Å². The van der Waals surface area contributed by atoms with Crippen molar-refractivity contribution in [1.29, 1.82) is 0 Å². The van der Waals surface area contributed by atoms with Crippen LogP contribution in [-0.4, -0.2) is 37.2 Å². The van der Waals surface area contributed by atoms with Gasteiger partial charge in [-0.3, -0.25) is 14.4 Å². The molecule has 0 saturated heterocycles. The van der Waals surface area contributed by atoms with Crippen molar-refractivity contribution in [2.24, 2.45) is 0 Å². The summed E-state index contributed by atoms with van der Waals surface area (Å²) in [6.45, 7) is 6.41. The number of allylic oxidation sites excluding steroid dienone is 10. The van der Waals surface area contributed by atoms with Crippen molar-refractivity contribution in [1.82, 2.24) is 0 Å². The van der Waals surface area contributed by atoms with E-state index in [1.807, 2.05) is 0 Å². The molecule has 0 aliphatic carbocycles. The second-order valence-electron chi connectivity index (χ2n) is 15.6. The molecule has 0 N–H and O–H groups in total. The van der Waals surface area contributed by atoms with E-state index in [0.717, 1.165) is 116 Å². The van der Waals surface area contributed by atoms with Crippen LogP contribution in [0.5, 0.6) is 0 Å². The van der Waals surface area contributed by atoms with Crippen LogP contribution < -0.4 is 0 Å². The summed E-state index contributed by atoms with van der Waals surface area (Å²) in [5.41, 5.74) is 0. The average Bonchev–Trinajstić information content (AvgIpc) is 3.21. The number of rotatable bonds is 42. The standard InChI is InChI=1S/C51H88O6/c1-4-7-10-13-16-19-22-25-28-31-34-37-40-43-49(52)55-46-48(57-51(54)45-42-39-36-33-30-27-24-21-18-15-12-9-6-3)47-56-50(53)44-41-38-35-32-29-26-23-20-17-14-11-8-5-2/h7,10,12,15-16,19,21,24-25,28,48H,4-6,8-9,11,13-14,17-18,20,22-23,26-27,29-47H2,1-3H3/b10-7-,15-12-,19-16-,24-21-,28-25-. The Hall–Kier alpha value is -2.89. The average molecular weight is 797 g/mol. The van der Waals surface area contributed by atoms with Crippen LogP contribution >= 0.6 is 0 Å². The van der Waals surface area contributed by atoms with Gasteiger partial charge >= 0.3 is 17.9 Å². The fraction of sp³-hybridized carbons (Fsp3) is 0.745. The van der Waals surface area contributed by atoms with E-state index in [2.05, 4.69) is 81.5 Å². The molecule has 0 radical (unpaired) electrons. The number of hydrogen-bond acceptors (Lipinski definition) is 6. The van der Waals surface area contributed by atoms with Crippen molar-refractivity contribution in [3.63, 3.8) is 0 Å². The Morgan fingerprint density at radius 2 is 0.719 bits per heavy atom. The first-order chi connectivity index (χ1) is 28.0. The second kappa shape index (κ2) is 45.8. The molecule has 0 aromatic carbocycles. The van der Waals surface area contributed by atoms with Gasteiger partial charge in [0, 0.05) is 19.3 Å². The van der Waals surface area contributed by atoms with E-state index in [1.165, 1.54) is 70.6 Å². The molecule has 0 aliphatic rings. The number of hydrogen-bond donors (Lipinski definition) is 0. The summed E-state index contributed by atoms with van der Waals surface area (Å²) in [5, 5.41) is 0. The maximum Gasteiger partial charge on any atom is 0.306 e. The van der Waals surface area contributed by atoms with Crippen LogP contribution in [0.4, 0.5) is 0 Å². The zero-order valence-corrected chi connectivity index (χ0v) is 37.3. The molecular formula is C51H88O6. The van der Waals surface area contributed by atoms with Crippen LogP contribution in [-0.2, 0) is 28.6 Å². The first-order valence-corrected chi connectivity index (χ1v) is 23.8. The number of esters is 3. The fourth-order valence-corrected chi connectivity index (χ4v) is 6.43. The molecule has 1 atom stereocenters. The first kappa shape index (κ1) is 54.1. The summed E-state index contributed by atoms with van der Waals surface area (Å²) in [4.78, 5) is 37.8. The van der Waals surface area contributed by atoms with Crippen LogP contribution in [0, 0.1) is 0 Å². The van der Waals surface area contributed by atoms with E-state index >= 15 is 0 Å². The molecule has 0 heterocycles. The maximum absolute atomic E-state index is 12.7. The minimum Gasteiger partial charge on any atom is -0.462 e. The Labute approximate surface area is 351 Å². The Morgan fingerprint density at radius 1 is 0.368 bits per heavy atom. The number of carbonyl (C=O) groups excluding carboxylic acids is 3. The Morgan fingerprint density at radius 3 is 1.16 bits per heavy atom. The topological polar surface area (TPSA) is 78.9 Å². The van der Waals surface area contributed by atoms with Crippen molar-refractivity contribution in [3.05, 3.63) is 60.8 Å². The summed E-state index contributed by atoms with van der Waals surface area (Å²) < 4.78 is 16.7. The van der Waals surface area contributed by atoms with E-state index in [-0.39, 0.29) is 31.1 Å². The smallest absolute Gasteiger partial charge is 0.306 e. The predicted molar refractivity (Wildman–Crippen MR) is 242 cm³/mol. The van der Waals surface area contributed by atoms with Crippen molar-refractivity contribution in [2.45, 2.75) is 232 Å². The van der Waals surface area contributed by atoms with Crippen LogP contribution in [0.25, 0.3) is 0 Å². The quantitative estimate of drug-likeness (QED) is 0.0265. The van der Waals surface area contributed by atoms with Gasteiger partial charge in [0.15, 0.2) is 6.10 Å². The SMILES string of the molecule is CC/C=C\C/C=C\C/C=C\CCCCCC(=O)OCC(COC(=O)CCCCCCCCCCCCCCC)OC(=O)CCCCCCC/C=C\C/C=C\CCC. The van der Waals surface area contributed by atoms with Gasteiger partial charge in [-0.15, -0.1) is 0 Å². The van der Waals surface area contributed by atoms with Crippen LogP contribution in [0.1, 0.15) is 226 Å². The summed E-state index contributed by atoms with van der Waals surface area (Å²) in [6, 6.07) is 0. The second-order valence-corrected chi connectivity index (χ2v) is 15.6. The van der Waals surface area contributed by atoms with Crippen molar-refractivity contribution >= 4 is 17.9 Å². The number of unbranched alkanes of at least 4 members (excludes halogenated alkanes) is 21. The lowest BCUT2D eigenvalue weighted by Crippen LogP contribution is -2.30. The van der Waals surface area contributed by atoms with Gasteiger partial charge in [0.2, 0.25) is 0 Å². The number of carbonyl (C=O) groups is 3. The zero-order chi connectivity index (χ0) is 41.5. The van der Waals surface area contributed by atoms with Gasteiger partial charge in [-0.25, -0.2) is 0 Å². The highest BCUT2D eigenvalue weighted by molar-refractivity contribution is 5.71. The van der Waals surface area contributed by atoms with Gasteiger partial charge in [-0.1, -0.05) is 191 Å². The van der Waals surface area contributed by atoms with Crippen molar-refractivity contribution < 1.29 is 28.6 Å². The van der Waals surface area contributed by atoms with Crippen LogP contribution in [0.3, 0.4) is 0 Å². The lowest BCUT2D eigenvalue weighted by atomic mass is 10.0. The molecule has 1 unspecified atom stereocenters.